The Morgan fingerprint density at radius 2 is 2.12 bits per heavy atom. The summed E-state index contributed by atoms with van der Waals surface area (Å²) in [5, 5.41) is 13.7. The molecule has 0 amide bonds. The largest absolute Gasteiger partial charge is 0.416 e. The molecule has 1 unspecified atom stereocenters. The molecule has 8 heteroatoms. The van der Waals surface area contributed by atoms with Crippen LogP contribution in [0.4, 0.5) is 5.69 Å². The van der Waals surface area contributed by atoms with Gasteiger partial charge in [-0.15, -0.1) is 5.10 Å². The Morgan fingerprint density at radius 3 is 2.84 bits per heavy atom. The van der Waals surface area contributed by atoms with Gasteiger partial charge in [0.1, 0.15) is 11.9 Å². The third kappa shape index (κ3) is 3.23. The number of nitrogens with zero attached hydrogens (tertiary/aromatic N) is 3. The molecule has 0 saturated heterocycles. The molecule has 0 bridgehead atoms. The summed E-state index contributed by atoms with van der Waals surface area (Å²) in [6, 6.07) is 9.37. The van der Waals surface area contributed by atoms with Gasteiger partial charge >= 0.3 is 0 Å². The van der Waals surface area contributed by atoms with Crippen molar-refractivity contribution in [1.29, 1.82) is 0 Å². The Bertz CT molecular complexity index is 866. The van der Waals surface area contributed by atoms with E-state index in [0.29, 0.717) is 34.1 Å². The highest BCUT2D eigenvalue weighted by Gasteiger charge is 2.31. The van der Waals surface area contributed by atoms with Crippen molar-refractivity contribution in [3.05, 3.63) is 69.9 Å². The van der Waals surface area contributed by atoms with Gasteiger partial charge in [0.05, 0.1) is 28.1 Å². The Balaban J connectivity index is 1.41. The van der Waals surface area contributed by atoms with Crippen LogP contribution in [0.15, 0.2) is 53.7 Å². The molecule has 1 atom stereocenters. The average Bonchev–Trinajstić information content (AvgIpc) is 3.19. The number of nitrogens with one attached hydrogen (secondary N) is 2. The molecule has 2 aliphatic heterocycles. The van der Waals surface area contributed by atoms with Gasteiger partial charge in [0.2, 0.25) is 5.88 Å². The fraction of sp³-hybridized carbons (Fsp3) is 0.176. The molecule has 25 heavy (non-hydrogen) atoms. The number of fused-ring (bicyclic) bond motifs is 1. The summed E-state index contributed by atoms with van der Waals surface area (Å²) in [5.41, 5.74) is 2.61. The standard InChI is InChI=1S/C17H15Cl2N5O/c1-10-20-9-16-24(10)23-17(25-16)15-5-3-12(8-22-15)21-7-11-2-4-13(18)14(19)6-11/h2-6,8-10,20-21H,7H2,1H3. The second kappa shape index (κ2) is 6.46. The Hall–Kier alpha value is -2.44. The minimum Gasteiger partial charge on any atom is -0.416 e. The number of anilines is 1. The second-order valence-electron chi connectivity index (χ2n) is 5.71. The number of ether oxygens (including phenoxy) is 1. The number of halogens is 2. The third-order valence-electron chi connectivity index (χ3n) is 3.90. The van der Waals surface area contributed by atoms with Crippen molar-refractivity contribution in [2.45, 2.75) is 19.6 Å². The summed E-state index contributed by atoms with van der Waals surface area (Å²) in [6.07, 6.45) is 3.63. The molecule has 1 aromatic heterocycles. The van der Waals surface area contributed by atoms with E-state index >= 15 is 0 Å². The van der Waals surface area contributed by atoms with Gasteiger partial charge < -0.3 is 15.4 Å². The normalized spacial score (nSPS) is 18.2. The van der Waals surface area contributed by atoms with Crippen molar-refractivity contribution in [3.63, 3.8) is 0 Å². The fourth-order valence-corrected chi connectivity index (χ4v) is 2.85. The minimum absolute atomic E-state index is 0.0830. The van der Waals surface area contributed by atoms with Crippen molar-refractivity contribution in [2.24, 2.45) is 5.10 Å². The molecular weight excluding hydrogens is 361 g/mol. The van der Waals surface area contributed by atoms with E-state index in [2.05, 4.69) is 20.7 Å². The molecule has 0 aliphatic carbocycles. The van der Waals surface area contributed by atoms with Gasteiger partial charge in [0.25, 0.3) is 5.90 Å². The van der Waals surface area contributed by atoms with Crippen LogP contribution in [0.1, 0.15) is 18.2 Å². The second-order valence-corrected chi connectivity index (χ2v) is 6.53. The number of hydrogen-bond acceptors (Lipinski definition) is 6. The molecule has 128 valence electrons. The summed E-state index contributed by atoms with van der Waals surface area (Å²) in [7, 11) is 0. The number of pyridine rings is 1. The van der Waals surface area contributed by atoms with Crippen LogP contribution in [0.25, 0.3) is 0 Å². The lowest BCUT2D eigenvalue weighted by atomic mass is 10.2. The van der Waals surface area contributed by atoms with E-state index in [1.54, 1.807) is 23.5 Å². The molecule has 4 rings (SSSR count). The van der Waals surface area contributed by atoms with Crippen molar-refractivity contribution in [2.75, 3.05) is 5.32 Å². The molecule has 3 heterocycles. The van der Waals surface area contributed by atoms with Crippen LogP contribution in [0.2, 0.25) is 10.0 Å². The van der Waals surface area contributed by atoms with Crippen molar-refractivity contribution in [1.82, 2.24) is 15.3 Å². The maximum atomic E-state index is 6.03. The number of hydrazone groups is 1. The van der Waals surface area contributed by atoms with Crippen LogP contribution in [-0.4, -0.2) is 22.1 Å². The van der Waals surface area contributed by atoms with Gasteiger partial charge in [-0.05, 0) is 36.8 Å². The highest BCUT2D eigenvalue weighted by atomic mass is 35.5. The van der Waals surface area contributed by atoms with Crippen molar-refractivity contribution >= 4 is 34.8 Å². The lowest BCUT2D eigenvalue weighted by Crippen LogP contribution is -2.28. The minimum atomic E-state index is 0.0830. The topological polar surface area (TPSA) is 61.8 Å². The molecule has 0 saturated carbocycles. The van der Waals surface area contributed by atoms with Gasteiger partial charge in [-0.2, -0.15) is 0 Å². The van der Waals surface area contributed by atoms with Crippen LogP contribution >= 0.6 is 23.2 Å². The number of hydrogen-bond donors (Lipinski definition) is 2. The van der Waals surface area contributed by atoms with Gasteiger partial charge in [-0.1, -0.05) is 29.3 Å². The zero-order valence-corrected chi connectivity index (χ0v) is 14.8. The zero-order valence-electron chi connectivity index (χ0n) is 13.3. The van der Waals surface area contributed by atoms with E-state index in [9.17, 15) is 0 Å². The molecule has 2 aromatic rings. The lowest BCUT2D eigenvalue weighted by Gasteiger charge is -2.12. The highest BCUT2D eigenvalue weighted by molar-refractivity contribution is 6.42. The van der Waals surface area contributed by atoms with Gasteiger partial charge in [-0.25, -0.2) is 9.99 Å². The van der Waals surface area contributed by atoms with E-state index in [-0.39, 0.29) is 6.17 Å². The van der Waals surface area contributed by atoms with Crippen molar-refractivity contribution < 1.29 is 4.74 Å². The van der Waals surface area contributed by atoms with E-state index in [4.69, 9.17) is 27.9 Å². The summed E-state index contributed by atoms with van der Waals surface area (Å²) < 4.78 is 5.70. The summed E-state index contributed by atoms with van der Waals surface area (Å²) in [5.74, 6) is 1.18. The van der Waals surface area contributed by atoms with Crippen molar-refractivity contribution in [3.8, 4) is 0 Å². The van der Waals surface area contributed by atoms with Crippen LogP contribution in [-0.2, 0) is 11.3 Å². The first-order valence-corrected chi connectivity index (χ1v) is 8.52. The SMILES string of the molecule is CC1NC=C2OC(c3ccc(NCc4ccc(Cl)c(Cl)c4)cn3)=NN21. The molecule has 1 aromatic carbocycles. The van der Waals surface area contributed by atoms with Crippen LogP contribution in [0, 0.1) is 0 Å². The van der Waals surface area contributed by atoms with E-state index < -0.39 is 0 Å². The fourth-order valence-electron chi connectivity index (χ4n) is 2.53. The smallest absolute Gasteiger partial charge is 0.264 e. The van der Waals surface area contributed by atoms with Gasteiger partial charge in [0, 0.05) is 6.54 Å². The third-order valence-corrected chi connectivity index (χ3v) is 4.64. The molecular formula is C17H15Cl2N5O. The summed E-state index contributed by atoms with van der Waals surface area (Å²) in [4.78, 5) is 4.42. The van der Waals surface area contributed by atoms with E-state index in [0.717, 1.165) is 11.3 Å². The molecule has 2 aliphatic rings. The first-order valence-electron chi connectivity index (χ1n) is 7.76. The number of aromatic nitrogens is 1. The van der Waals surface area contributed by atoms with E-state index in [1.807, 2.05) is 31.2 Å². The molecule has 2 N–H and O–H groups in total. The molecule has 0 fully saturated rings. The summed E-state index contributed by atoms with van der Waals surface area (Å²) in [6.45, 7) is 2.63. The maximum Gasteiger partial charge on any atom is 0.264 e. The predicted molar refractivity (Wildman–Crippen MR) is 98.2 cm³/mol. The first kappa shape index (κ1) is 16.1. The molecule has 0 radical (unpaired) electrons. The molecule has 0 spiro atoms. The number of benzene rings is 1. The Morgan fingerprint density at radius 1 is 1.24 bits per heavy atom. The summed E-state index contributed by atoms with van der Waals surface area (Å²) >= 11 is 12.0. The average molecular weight is 376 g/mol. The van der Waals surface area contributed by atoms with Crippen LogP contribution < -0.4 is 10.6 Å². The maximum absolute atomic E-state index is 6.03. The predicted octanol–water partition coefficient (Wildman–Crippen LogP) is 3.74. The van der Waals surface area contributed by atoms with Crippen LogP contribution in [0.3, 0.4) is 0 Å². The quantitative estimate of drug-likeness (QED) is 0.851. The lowest BCUT2D eigenvalue weighted by molar-refractivity contribution is 0.235. The van der Waals surface area contributed by atoms with Gasteiger partial charge in [-0.3, -0.25) is 0 Å². The van der Waals surface area contributed by atoms with Crippen LogP contribution in [0.5, 0.6) is 0 Å². The highest BCUT2D eigenvalue weighted by Crippen LogP contribution is 2.25. The Kier molecular flexibility index (Phi) is 4.15. The first-order chi connectivity index (χ1) is 12.1. The Labute approximate surface area is 155 Å². The number of rotatable bonds is 4. The monoisotopic (exact) mass is 375 g/mol. The van der Waals surface area contributed by atoms with Gasteiger partial charge in [0.15, 0.2) is 0 Å². The molecule has 6 nitrogen and oxygen atoms in total. The zero-order chi connectivity index (χ0) is 17.4. The van der Waals surface area contributed by atoms with E-state index in [1.165, 1.54) is 0 Å².